The van der Waals surface area contributed by atoms with Gasteiger partial charge in [-0.25, -0.2) is 0 Å². The summed E-state index contributed by atoms with van der Waals surface area (Å²) in [5.74, 6) is 2.46. The fourth-order valence-electron chi connectivity index (χ4n) is 2.66. The molecule has 1 aromatic heterocycles. The molecule has 7 nitrogen and oxygen atoms in total. The molecule has 0 N–H and O–H groups in total. The van der Waals surface area contributed by atoms with Gasteiger partial charge in [0, 0.05) is 23.8 Å². The van der Waals surface area contributed by atoms with Crippen LogP contribution in [0.15, 0.2) is 57.9 Å². The van der Waals surface area contributed by atoms with Crippen LogP contribution in [0.1, 0.15) is 11.3 Å². The average Bonchev–Trinajstić information content (AvgIpc) is 3.29. The molecule has 0 fully saturated rings. The van der Waals surface area contributed by atoms with E-state index in [4.69, 9.17) is 13.9 Å². The first-order valence-corrected chi connectivity index (χ1v) is 7.89. The van der Waals surface area contributed by atoms with Crippen LogP contribution in [0.25, 0.3) is 11.3 Å². The molecule has 1 aliphatic heterocycles. The smallest absolute Gasteiger partial charge is 0.270 e. The van der Waals surface area contributed by atoms with E-state index in [1.807, 2.05) is 13.0 Å². The van der Waals surface area contributed by atoms with Crippen molar-refractivity contribution in [3.63, 3.8) is 0 Å². The Balaban J connectivity index is 1.59. The summed E-state index contributed by atoms with van der Waals surface area (Å²) >= 11 is 0. The minimum absolute atomic E-state index is 0.0255. The minimum atomic E-state index is -0.423. The maximum absolute atomic E-state index is 11.0. The Labute approximate surface area is 148 Å². The van der Waals surface area contributed by atoms with Crippen molar-refractivity contribution in [2.45, 2.75) is 6.92 Å². The Kier molecular flexibility index (Phi) is 3.89. The van der Waals surface area contributed by atoms with Gasteiger partial charge in [-0.15, -0.1) is 0 Å². The van der Waals surface area contributed by atoms with Crippen molar-refractivity contribution in [3.05, 3.63) is 70.0 Å². The standard InChI is InChI=1S/C19H14N2O5/c1-12-2-4-14(21(22)23)9-16(12)17-7-5-15(26-17)10-20-13-3-6-18-19(8-13)25-11-24-18/h2-10H,11H2,1H3. The number of ether oxygens (including phenoxy) is 2. The third-order valence-electron chi connectivity index (χ3n) is 4.02. The average molecular weight is 350 g/mol. The van der Waals surface area contributed by atoms with Gasteiger partial charge in [-0.05, 0) is 36.8 Å². The number of hydrogen-bond donors (Lipinski definition) is 0. The number of nitro benzene ring substituents is 1. The molecule has 26 heavy (non-hydrogen) atoms. The number of hydrogen-bond acceptors (Lipinski definition) is 6. The molecule has 0 spiro atoms. The van der Waals surface area contributed by atoms with E-state index < -0.39 is 4.92 Å². The van der Waals surface area contributed by atoms with E-state index in [0.29, 0.717) is 34.3 Å². The van der Waals surface area contributed by atoms with Crippen molar-refractivity contribution in [2.24, 2.45) is 4.99 Å². The first kappa shape index (κ1) is 15.9. The highest BCUT2D eigenvalue weighted by Gasteiger charge is 2.14. The van der Waals surface area contributed by atoms with Crippen LogP contribution >= 0.6 is 0 Å². The van der Waals surface area contributed by atoms with E-state index in [0.717, 1.165) is 5.56 Å². The van der Waals surface area contributed by atoms with Crippen LogP contribution in [-0.4, -0.2) is 17.9 Å². The fraction of sp³-hybridized carbons (Fsp3) is 0.105. The van der Waals surface area contributed by atoms with Gasteiger partial charge in [0.2, 0.25) is 6.79 Å². The Morgan fingerprint density at radius 3 is 2.77 bits per heavy atom. The second-order valence-electron chi connectivity index (χ2n) is 5.75. The van der Waals surface area contributed by atoms with Crippen LogP contribution in [0.5, 0.6) is 11.5 Å². The summed E-state index contributed by atoms with van der Waals surface area (Å²) in [6.07, 6.45) is 1.59. The topological polar surface area (TPSA) is 87.1 Å². The number of furan rings is 1. The fourth-order valence-corrected chi connectivity index (χ4v) is 2.66. The second kappa shape index (κ2) is 6.36. The minimum Gasteiger partial charge on any atom is -0.455 e. The van der Waals surface area contributed by atoms with Crippen molar-refractivity contribution < 1.29 is 18.8 Å². The molecule has 0 saturated heterocycles. The molecule has 0 amide bonds. The number of rotatable bonds is 4. The highest BCUT2D eigenvalue weighted by molar-refractivity contribution is 5.80. The molecule has 2 aromatic carbocycles. The lowest BCUT2D eigenvalue weighted by molar-refractivity contribution is -0.384. The number of fused-ring (bicyclic) bond motifs is 1. The first-order chi connectivity index (χ1) is 12.6. The van der Waals surface area contributed by atoms with E-state index in [2.05, 4.69) is 4.99 Å². The van der Waals surface area contributed by atoms with E-state index in [-0.39, 0.29) is 12.5 Å². The van der Waals surface area contributed by atoms with Crippen LogP contribution in [0.2, 0.25) is 0 Å². The van der Waals surface area contributed by atoms with Gasteiger partial charge in [-0.1, -0.05) is 6.07 Å². The molecular weight excluding hydrogens is 336 g/mol. The number of non-ortho nitro benzene ring substituents is 1. The highest BCUT2D eigenvalue weighted by Crippen LogP contribution is 2.35. The maximum atomic E-state index is 11.0. The first-order valence-electron chi connectivity index (χ1n) is 7.89. The summed E-state index contributed by atoms with van der Waals surface area (Å²) in [5, 5.41) is 11.0. The summed E-state index contributed by atoms with van der Waals surface area (Å²) in [6, 6.07) is 13.6. The van der Waals surface area contributed by atoms with Gasteiger partial charge in [-0.3, -0.25) is 15.1 Å². The van der Waals surface area contributed by atoms with Crippen LogP contribution in [0.3, 0.4) is 0 Å². The molecule has 0 saturated carbocycles. The van der Waals surface area contributed by atoms with E-state index in [1.54, 1.807) is 36.5 Å². The molecule has 3 aromatic rings. The third kappa shape index (κ3) is 3.02. The summed E-state index contributed by atoms with van der Waals surface area (Å²) in [5.41, 5.74) is 2.31. The molecule has 7 heteroatoms. The quantitative estimate of drug-likeness (QED) is 0.388. The lowest BCUT2D eigenvalue weighted by Crippen LogP contribution is -1.92. The maximum Gasteiger partial charge on any atom is 0.270 e. The normalized spacial score (nSPS) is 12.7. The van der Waals surface area contributed by atoms with Crippen molar-refractivity contribution >= 4 is 17.6 Å². The van der Waals surface area contributed by atoms with Crippen molar-refractivity contribution in [2.75, 3.05) is 6.79 Å². The van der Waals surface area contributed by atoms with Gasteiger partial charge >= 0.3 is 0 Å². The summed E-state index contributed by atoms with van der Waals surface area (Å²) in [7, 11) is 0. The number of nitro groups is 1. The van der Waals surface area contributed by atoms with Crippen molar-refractivity contribution in [3.8, 4) is 22.8 Å². The Morgan fingerprint density at radius 1 is 1.08 bits per heavy atom. The second-order valence-corrected chi connectivity index (χ2v) is 5.75. The lowest BCUT2D eigenvalue weighted by Gasteiger charge is -2.02. The predicted molar refractivity (Wildman–Crippen MR) is 95.4 cm³/mol. The molecule has 0 aliphatic carbocycles. The zero-order chi connectivity index (χ0) is 18.1. The largest absolute Gasteiger partial charge is 0.455 e. The zero-order valence-corrected chi connectivity index (χ0v) is 13.8. The van der Waals surface area contributed by atoms with E-state index in [1.165, 1.54) is 12.1 Å². The van der Waals surface area contributed by atoms with Gasteiger partial charge in [0.1, 0.15) is 11.5 Å². The van der Waals surface area contributed by atoms with Crippen LogP contribution < -0.4 is 9.47 Å². The molecule has 0 radical (unpaired) electrons. The van der Waals surface area contributed by atoms with Crippen LogP contribution in [0, 0.1) is 17.0 Å². The molecule has 130 valence electrons. The van der Waals surface area contributed by atoms with Crippen LogP contribution in [-0.2, 0) is 0 Å². The van der Waals surface area contributed by atoms with E-state index >= 15 is 0 Å². The number of aryl methyl sites for hydroxylation is 1. The molecule has 2 heterocycles. The van der Waals surface area contributed by atoms with Crippen molar-refractivity contribution in [1.82, 2.24) is 0 Å². The SMILES string of the molecule is Cc1ccc([N+](=O)[O-])cc1-c1ccc(C=Nc2ccc3c(c2)OCO3)o1. The van der Waals surface area contributed by atoms with Gasteiger partial charge < -0.3 is 13.9 Å². The monoisotopic (exact) mass is 350 g/mol. The third-order valence-corrected chi connectivity index (χ3v) is 4.02. The summed E-state index contributed by atoms with van der Waals surface area (Å²) < 4.78 is 16.4. The molecule has 4 rings (SSSR count). The van der Waals surface area contributed by atoms with Gasteiger partial charge in [0.15, 0.2) is 11.5 Å². The predicted octanol–water partition coefficient (Wildman–Crippen LogP) is 4.64. The number of benzene rings is 2. The van der Waals surface area contributed by atoms with Crippen molar-refractivity contribution in [1.29, 1.82) is 0 Å². The number of nitrogens with zero attached hydrogens (tertiary/aromatic N) is 2. The Morgan fingerprint density at radius 2 is 1.92 bits per heavy atom. The zero-order valence-electron chi connectivity index (χ0n) is 13.8. The van der Waals surface area contributed by atoms with Gasteiger partial charge in [0.25, 0.3) is 5.69 Å². The highest BCUT2D eigenvalue weighted by atomic mass is 16.7. The molecule has 0 bridgehead atoms. The Hall–Kier alpha value is -3.61. The van der Waals surface area contributed by atoms with Gasteiger partial charge in [-0.2, -0.15) is 0 Å². The van der Waals surface area contributed by atoms with Gasteiger partial charge in [0.05, 0.1) is 16.8 Å². The summed E-state index contributed by atoms with van der Waals surface area (Å²) in [4.78, 5) is 14.9. The molecule has 1 aliphatic rings. The lowest BCUT2D eigenvalue weighted by atomic mass is 10.1. The van der Waals surface area contributed by atoms with Crippen LogP contribution in [0.4, 0.5) is 11.4 Å². The molecular formula is C19H14N2O5. The molecule has 0 unspecified atom stereocenters. The summed E-state index contributed by atoms with van der Waals surface area (Å²) in [6.45, 7) is 2.09. The van der Waals surface area contributed by atoms with E-state index in [9.17, 15) is 10.1 Å². The number of aliphatic imine (C=N–C) groups is 1. The Bertz CT molecular complexity index is 1020. The molecule has 0 atom stereocenters.